The van der Waals surface area contributed by atoms with Crippen LogP contribution in [0.25, 0.3) is 11.1 Å². The molecule has 0 radical (unpaired) electrons. The fourth-order valence-electron chi connectivity index (χ4n) is 4.69. The summed E-state index contributed by atoms with van der Waals surface area (Å²) in [4.78, 5) is 33.5. The average molecular weight is 452 g/mol. The lowest BCUT2D eigenvalue weighted by molar-refractivity contribution is -0.117. The predicted molar refractivity (Wildman–Crippen MR) is 129 cm³/mol. The Kier molecular flexibility index (Phi) is 6.83. The van der Waals surface area contributed by atoms with Gasteiger partial charge in [0.05, 0.1) is 12.1 Å². The fraction of sp³-hybridized carbons (Fsp3) is 0.480. The van der Waals surface area contributed by atoms with E-state index in [0.717, 1.165) is 54.4 Å². The van der Waals surface area contributed by atoms with E-state index in [4.69, 9.17) is 9.72 Å². The Hall–Kier alpha value is -3.13. The Bertz CT molecular complexity index is 1000. The van der Waals surface area contributed by atoms with Crippen LogP contribution >= 0.6 is 0 Å². The van der Waals surface area contributed by atoms with Crippen molar-refractivity contribution >= 4 is 23.5 Å². The normalized spacial score (nSPS) is 20.4. The highest BCUT2D eigenvalue weighted by Gasteiger charge is 2.33. The third-order valence-electron chi connectivity index (χ3n) is 6.18. The number of rotatable bonds is 4. The number of amides is 2. The maximum absolute atomic E-state index is 12.4. The predicted octanol–water partition coefficient (Wildman–Crippen LogP) is 3.48. The number of piperazine rings is 1. The number of ether oxygens (including phenoxy) is 1. The van der Waals surface area contributed by atoms with E-state index in [2.05, 4.69) is 33.7 Å². The van der Waals surface area contributed by atoms with Gasteiger partial charge in [-0.25, -0.2) is 9.78 Å². The smallest absolute Gasteiger partial charge is 0.407 e. The molecule has 4 rings (SSSR count). The van der Waals surface area contributed by atoms with Crippen molar-refractivity contribution in [2.75, 3.05) is 36.0 Å². The molecule has 2 aliphatic heterocycles. The van der Waals surface area contributed by atoms with Gasteiger partial charge in [0.2, 0.25) is 5.91 Å². The summed E-state index contributed by atoms with van der Waals surface area (Å²) < 4.78 is 5.31. The molecule has 8 nitrogen and oxygen atoms in total. The highest BCUT2D eigenvalue weighted by atomic mass is 16.6. The van der Waals surface area contributed by atoms with Crippen LogP contribution in [0.15, 0.2) is 36.5 Å². The van der Waals surface area contributed by atoms with Crippen LogP contribution in [-0.4, -0.2) is 55.3 Å². The lowest BCUT2D eigenvalue weighted by atomic mass is 9.89. The molecule has 1 aromatic heterocycles. The van der Waals surface area contributed by atoms with Crippen molar-refractivity contribution in [3.05, 3.63) is 42.1 Å². The Balaban J connectivity index is 1.64. The van der Waals surface area contributed by atoms with Gasteiger partial charge in [0.1, 0.15) is 5.82 Å². The second-order valence-corrected chi connectivity index (χ2v) is 9.04. The molecule has 0 aliphatic carbocycles. The number of nitrogens with zero attached hydrogens (tertiary/aromatic N) is 3. The summed E-state index contributed by atoms with van der Waals surface area (Å²) in [6, 6.07) is 9.89. The van der Waals surface area contributed by atoms with Crippen molar-refractivity contribution in [3.8, 4) is 11.1 Å². The van der Waals surface area contributed by atoms with Crippen molar-refractivity contribution < 1.29 is 14.3 Å². The lowest BCUT2D eigenvalue weighted by Gasteiger charge is -2.39. The van der Waals surface area contributed by atoms with Crippen molar-refractivity contribution in [2.45, 2.75) is 52.3 Å². The standard InChI is InChI=1S/C25H33N5O3/c1-16(2)33-25(32)28-22-13-17(3)30(18(4)31)23-7-5-19(14-21(22)23)20-6-8-24(27-15-20)29-11-9-26-10-12-29/h5-8,14-17,22,26H,9-13H2,1-4H3,(H,28,32). The van der Waals surface area contributed by atoms with E-state index in [9.17, 15) is 9.59 Å². The van der Waals surface area contributed by atoms with Gasteiger partial charge in [-0.15, -0.1) is 0 Å². The van der Waals surface area contributed by atoms with E-state index in [-0.39, 0.29) is 24.1 Å². The summed E-state index contributed by atoms with van der Waals surface area (Å²) in [5.41, 5.74) is 3.72. The quantitative estimate of drug-likeness (QED) is 0.740. The van der Waals surface area contributed by atoms with Crippen LogP contribution < -0.4 is 20.4 Å². The number of carbonyl (C=O) groups is 2. The van der Waals surface area contributed by atoms with Crippen LogP contribution in [0, 0.1) is 0 Å². The van der Waals surface area contributed by atoms with Gasteiger partial charge in [-0.3, -0.25) is 4.79 Å². The monoisotopic (exact) mass is 451 g/mol. The zero-order valence-corrected chi connectivity index (χ0v) is 19.8. The molecule has 0 saturated carbocycles. The van der Waals surface area contributed by atoms with Gasteiger partial charge in [-0.1, -0.05) is 6.07 Å². The topological polar surface area (TPSA) is 86.8 Å². The van der Waals surface area contributed by atoms with Crippen molar-refractivity contribution in [1.29, 1.82) is 0 Å². The molecule has 2 amide bonds. The number of hydrogen-bond acceptors (Lipinski definition) is 6. The Labute approximate surface area is 195 Å². The second kappa shape index (κ2) is 9.79. The molecule has 2 aliphatic rings. The van der Waals surface area contributed by atoms with E-state index in [1.54, 1.807) is 11.8 Å². The zero-order valence-electron chi connectivity index (χ0n) is 19.8. The first-order chi connectivity index (χ1) is 15.8. The minimum Gasteiger partial charge on any atom is -0.447 e. The van der Waals surface area contributed by atoms with Crippen LogP contribution in [0.5, 0.6) is 0 Å². The first kappa shape index (κ1) is 23.0. The third-order valence-corrected chi connectivity index (χ3v) is 6.18. The Morgan fingerprint density at radius 1 is 1.15 bits per heavy atom. The molecule has 3 heterocycles. The fourth-order valence-corrected chi connectivity index (χ4v) is 4.69. The van der Waals surface area contributed by atoms with Crippen molar-refractivity contribution in [3.63, 3.8) is 0 Å². The molecule has 176 valence electrons. The van der Waals surface area contributed by atoms with Gasteiger partial charge >= 0.3 is 6.09 Å². The lowest BCUT2D eigenvalue weighted by Crippen LogP contribution is -2.45. The summed E-state index contributed by atoms with van der Waals surface area (Å²) in [5, 5.41) is 6.36. The van der Waals surface area contributed by atoms with Crippen LogP contribution in [0.1, 0.15) is 45.7 Å². The zero-order chi connectivity index (χ0) is 23.5. The first-order valence-corrected chi connectivity index (χ1v) is 11.7. The van der Waals surface area contributed by atoms with Gasteiger partial charge in [-0.05, 0) is 62.6 Å². The highest BCUT2D eigenvalue weighted by Crippen LogP contribution is 2.39. The second-order valence-electron chi connectivity index (χ2n) is 9.04. The highest BCUT2D eigenvalue weighted by molar-refractivity contribution is 5.94. The Morgan fingerprint density at radius 3 is 2.52 bits per heavy atom. The molecule has 2 atom stereocenters. The number of benzene rings is 1. The van der Waals surface area contributed by atoms with Gasteiger partial charge in [0, 0.05) is 56.6 Å². The maximum Gasteiger partial charge on any atom is 0.407 e. The van der Waals surface area contributed by atoms with Crippen molar-refractivity contribution in [1.82, 2.24) is 15.6 Å². The minimum absolute atomic E-state index is 0.0123. The Morgan fingerprint density at radius 2 is 1.88 bits per heavy atom. The molecule has 0 bridgehead atoms. The van der Waals surface area contributed by atoms with E-state index in [1.165, 1.54) is 0 Å². The number of pyridine rings is 1. The summed E-state index contributed by atoms with van der Waals surface area (Å²) in [6.07, 6.45) is 1.86. The number of fused-ring (bicyclic) bond motifs is 1. The third kappa shape index (κ3) is 5.11. The van der Waals surface area contributed by atoms with Gasteiger partial charge in [-0.2, -0.15) is 0 Å². The number of nitrogens with one attached hydrogen (secondary N) is 2. The molecular weight excluding hydrogens is 418 g/mol. The minimum atomic E-state index is -0.447. The van der Waals surface area contributed by atoms with Crippen LogP contribution in [0.4, 0.5) is 16.3 Å². The number of carbonyl (C=O) groups excluding carboxylic acids is 2. The molecular formula is C25H33N5O3. The number of alkyl carbamates (subject to hydrolysis) is 1. The van der Waals surface area contributed by atoms with E-state index in [0.29, 0.717) is 6.42 Å². The van der Waals surface area contributed by atoms with Crippen molar-refractivity contribution in [2.24, 2.45) is 0 Å². The van der Waals surface area contributed by atoms with Gasteiger partial charge < -0.3 is 25.2 Å². The van der Waals surface area contributed by atoms with Gasteiger partial charge in [0.25, 0.3) is 0 Å². The number of hydrogen-bond donors (Lipinski definition) is 2. The van der Waals surface area contributed by atoms with E-state index < -0.39 is 6.09 Å². The van der Waals surface area contributed by atoms with Crippen LogP contribution in [0.3, 0.4) is 0 Å². The molecule has 2 N–H and O–H groups in total. The number of anilines is 2. The summed E-state index contributed by atoms with van der Waals surface area (Å²) >= 11 is 0. The summed E-state index contributed by atoms with van der Waals surface area (Å²) in [5.74, 6) is 0.965. The summed E-state index contributed by atoms with van der Waals surface area (Å²) in [7, 11) is 0. The molecule has 0 spiro atoms. The van der Waals surface area contributed by atoms with E-state index >= 15 is 0 Å². The molecule has 2 unspecified atom stereocenters. The number of aromatic nitrogens is 1. The first-order valence-electron chi connectivity index (χ1n) is 11.7. The molecule has 1 saturated heterocycles. The molecule has 1 fully saturated rings. The largest absolute Gasteiger partial charge is 0.447 e. The maximum atomic E-state index is 12.4. The SMILES string of the molecule is CC(=O)N1c2ccc(-c3ccc(N4CCNCC4)nc3)cc2C(NC(=O)OC(C)C)CC1C. The molecule has 2 aromatic rings. The summed E-state index contributed by atoms with van der Waals surface area (Å²) in [6.45, 7) is 11.1. The molecule has 1 aromatic carbocycles. The van der Waals surface area contributed by atoms with Crippen LogP contribution in [-0.2, 0) is 9.53 Å². The molecule has 33 heavy (non-hydrogen) atoms. The van der Waals surface area contributed by atoms with Crippen LogP contribution in [0.2, 0.25) is 0 Å². The van der Waals surface area contributed by atoms with Gasteiger partial charge in [0.15, 0.2) is 0 Å². The average Bonchev–Trinajstić information content (AvgIpc) is 2.79. The van der Waals surface area contributed by atoms with E-state index in [1.807, 2.05) is 39.1 Å². The molecule has 8 heteroatoms.